The van der Waals surface area contributed by atoms with Gasteiger partial charge in [0.05, 0.1) is 43.1 Å². The number of hydrogen-bond donors (Lipinski definition) is 2. The Bertz CT molecular complexity index is 1050. The van der Waals surface area contributed by atoms with Crippen molar-refractivity contribution in [1.29, 1.82) is 5.26 Å². The summed E-state index contributed by atoms with van der Waals surface area (Å²) in [5.41, 5.74) is 2.71. The number of nitrogens with zero attached hydrogens (tertiary/aromatic N) is 4. The lowest BCUT2D eigenvalue weighted by atomic mass is 9.92. The number of ether oxygens (including phenoxy) is 1. The van der Waals surface area contributed by atoms with Gasteiger partial charge in [0.25, 0.3) is 5.56 Å². The first kappa shape index (κ1) is 22.9. The van der Waals surface area contributed by atoms with E-state index in [1.807, 2.05) is 11.0 Å². The van der Waals surface area contributed by atoms with Crippen molar-refractivity contribution in [2.45, 2.75) is 51.0 Å². The molecule has 1 aliphatic carbocycles. The fraction of sp³-hybridized carbons (Fsp3) is 0.542. The first-order chi connectivity index (χ1) is 16.0. The number of likely N-dealkylation sites (tertiary alicyclic amines) is 1. The third kappa shape index (κ3) is 5.96. The number of aromatic amines is 1. The molecule has 1 amide bonds. The van der Waals surface area contributed by atoms with Crippen LogP contribution in [-0.4, -0.2) is 58.3 Å². The average molecular weight is 451 g/mol. The Hall–Kier alpha value is -3.25. The molecule has 4 rings (SSSR count). The molecule has 0 unspecified atom stereocenters. The Morgan fingerprint density at radius 3 is 2.76 bits per heavy atom. The van der Waals surface area contributed by atoms with Gasteiger partial charge in [-0.2, -0.15) is 10.4 Å². The molecule has 33 heavy (non-hydrogen) atoms. The molecule has 3 heterocycles. The van der Waals surface area contributed by atoms with Crippen LogP contribution in [0.4, 0.5) is 5.69 Å². The van der Waals surface area contributed by atoms with Crippen molar-refractivity contribution < 1.29 is 9.53 Å². The maximum absolute atomic E-state index is 12.6. The number of pyridine rings is 1. The number of amides is 1. The van der Waals surface area contributed by atoms with E-state index in [0.717, 1.165) is 37.1 Å². The van der Waals surface area contributed by atoms with Crippen LogP contribution in [0.5, 0.6) is 0 Å². The second-order valence-corrected chi connectivity index (χ2v) is 8.89. The van der Waals surface area contributed by atoms with Crippen LogP contribution in [0.2, 0.25) is 0 Å². The third-order valence-electron chi connectivity index (χ3n) is 6.58. The van der Waals surface area contributed by atoms with Crippen LogP contribution in [0.3, 0.4) is 0 Å². The summed E-state index contributed by atoms with van der Waals surface area (Å²) in [7, 11) is 0. The second kappa shape index (κ2) is 10.6. The van der Waals surface area contributed by atoms with Crippen molar-refractivity contribution in [2.24, 2.45) is 5.92 Å². The zero-order valence-corrected chi connectivity index (χ0v) is 18.9. The van der Waals surface area contributed by atoms with Gasteiger partial charge < -0.3 is 15.0 Å². The number of H-pyrrole nitrogens is 1. The van der Waals surface area contributed by atoms with E-state index >= 15 is 0 Å². The zero-order chi connectivity index (χ0) is 23.2. The molecule has 0 spiro atoms. The number of carbonyl (C=O) groups excluding carboxylic acids is 1. The molecule has 0 radical (unpaired) electrons. The van der Waals surface area contributed by atoms with Gasteiger partial charge in [-0.25, -0.2) is 5.10 Å². The van der Waals surface area contributed by atoms with Gasteiger partial charge in [-0.05, 0) is 50.7 Å². The summed E-state index contributed by atoms with van der Waals surface area (Å²) < 4.78 is 5.86. The maximum atomic E-state index is 12.6. The number of nitrogens with one attached hydrogen (secondary N) is 2. The zero-order valence-electron chi connectivity index (χ0n) is 18.9. The van der Waals surface area contributed by atoms with Crippen LogP contribution >= 0.6 is 0 Å². The van der Waals surface area contributed by atoms with E-state index < -0.39 is 0 Å². The first-order valence-electron chi connectivity index (χ1n) is 11.6. The molecular formula is C24H30N6O3. The molecule has 9 heteroatoms. The van der Waals surface area contributed by atoms with Gasteiger partial charge >= 0.3 is 0 Å². The Morgan fingerprint density at radius 2 is 2.09 bits per heavy atom. The van der Waals surface area contributed by atoms with Crippen molar-refractivity contribution in [3.8, 4) is 6.07 Å². The van der Waals surface area contributed by atoms with Gasteiger partial charge in [0, 0.05) is 36.5 Å². The summed E-state index contributed by atoms with van der Waals surface area (Å²) in [6.45, 7) is 4.08. The molecule has 174 valence electrons. The lowest BCUT2D eigenvalue weighted by molar-refractivity contribution is -0.133. The van der Waals surface area contributed by atoms with Gasteiger partial charge in [0.15, 0.2) is 0 Å². The SMILES string of the molecule is Cc1c(N[C@H](COCCC(=O)N2CCC(c3ccc(C#N)cn3)CC2)C2CC2)cn[nH]c1=O. The summed E-state index contributed by atoms with van der Waals surface area (Å²) in [5, 5.41) is 18.6. The van der Waals surface area contributed by atoms with Crippen molar-refractivity contribution in [1.82, 2.24) is 20.1 Å². The van der Waals surface area contributed by atoms with E-state index in [2.05, 4.69) is 26.6 Å². The lowest BCUT2D eigenvalue weighted by Crippen LogP contribution is -2.38. The number of anilines is 1. The number of hydrogen-bond acceptors (Lipinski definition) is 7. The molecule has 0 aromatic carbocycles. The van der Waals surface area contributed by atoms with E-state index in [1.54, 1.807) is 25.4 Å². The van der Waals surface area contributed by atoms with Crippen LogP contribution in [0.15, 0.2) is 29.3 Å². The lowest BCUT2D eigenvalue weighted by Gasteiger charge is -2.32. The normalized spacial score (nSPS) is 17.4. The van der Waals surface area contributed by atoms with Crippen molar-refractivity contribution in [3.63, 3.8) is 0 Å². The Kier molecular flexibility index (Phi) is 7.35. The summed E-state index contributed by atoms with van der Waals surface area (Å²) >= 11 is 0. The van der Waals surface area contributed by atoms with Gasteiger partial charge in [-0.1, -0.05) is 0 Å². The van der Waals surface area contributed by atoms with E-state index in [-0.39, 0.29) is 17.5 Å². The highest BCUT2D eigenvalue weighted by molar-refractivity contribution is 5.76. The largest absolute Gasteiger partial charge is 0.379 e. The maximum Gasteiger partial charge on any atom is 0.269 e. The number of nitriles is 1. The van der Waals surface area contributed by atoms with Gasteiger partial charge in [-0.15, -0.1) is 0 Å². The fourth-order valence-electron chi connectivity index (χ4n) is 4.26. The summed E-state index contributed by atoms with van der Waals surface area (Å²) in [6, 6.07) is 5.92. The smallest absolute Gasteiger partial charge is 0.269 e. The summed E-state index contributed by atoms with van der Waals surface area (Å²) in [5.74, 6) is 0.965. The van der Waals surface area contributed by atoms with E-state index in [4.69, 9.17) is 10.00 Å². The standard InChI is InChI=1S/C24H30N6O3/c1-16-21(14-27-29-24(16)32)28-22(18-3-4-18)15-33-11-8-23(31)30-9-6-19(7-10-30)20-5-2-17(12-25)13-26-20/h2,5,13-14,18-19,22H,3-4,6-11,15H2,1H3,(H2,28,29,32)/t22-/m1/s1. The number of rotatable bonds is 9. The summed E-state index contributed by atoms with van der Waals surface area (Å²) in [4.78, 5) is 30.7. The van der Waals surface area contributed by atoms with E-state index in [9.17, 15) is 9.59 Å². The van der Waals surface area contributed by atoms with Crippen LogP contribution in [0, 0.1) is 24.2 Å². The minimum atomic E-state index is -0.195. The van der Waals surface area contributed by atoms with Crippen LogP contribution in [0.25, 0.3) is 0 Å². The van der Waals surface area contributed by atoms with E-state index in [1.165, 1.54) is 0 Å². The fourth-order valence-corrected chi connectivity index (χ4v) is 4.26. The topological polar surface area (TPSA) is 124 Å². The number of piperidine rings is 1. The van der Waals surface area contributed by atoms with E-state index in [0.29, 0.717) is 55.7 Å². The molecule has 2 aliphatic rings. The third-order valence-corrected chi connectivity index (χ3v) is 6.58. The van der Waals surface area contributed by atoms with Crippen molar-refractivity contribution in [3.05, 3.63) is 51.7 Å². The minimum Gasteiger partial charge on any atom is -0.379 e. The summed E-state index contributed by atoms with van der Waals surface area (Å²) in [6.07, 6.45) is 7.64. The Balaban J connectivity index is 1.19. The molecule has 2 fully saturated rings. The Morgan fingerprint density at radius 1 is 1.30 bits per heavy atom. The van der Waals surface area contributed by atoms with Crippen LogP contribution in [0.1, 0.15) is 54.8 Å². The molecule has 2 aromatic rings. The molecule has 1 aliphatic heterocycles. The predicted octanol–water partition coefficient (Wildman–Crippen LogP) is 2.35. The molecule has 1 atom stereocenters. The highest BCUT2D eigenvalue weighted by Crippen LogP contribution is 2.34. The van der Waals surface area contributed by atoms with Crippen molar-refractivity contribution in [2.75, 3.05) is 31.6 Å². The Labute approximate surface area is 193 Å². The predicted molar refractivity (Wildman–Crippen MR) is 123 cm³/mol. The monoisotopic (exact) mass is 450 g/mol. The van der Waals surface area contributed by atoms with Gasteiger partial charge in [-0.3, -0.25) is 14.6 Å². The molecule has 1 saturated carbocycles. The first-order valence-corrected chi connectivity index (χ1v) is 11.6. The van der Waals surface area contributed by atoms with Gasteiger partial charge in [0.2, 0.25) is 5.91 Å². The second-order valence-electron chi connectivity index (χ2n) is 8.89. The molecule has 0 bridgehead atoms. The molecule has 1 saturated heterocycles. The molecular weight excluding hydrogens is 420 g/mol. The minimum absolute atomic E-state index is 0.109. The van der Waals surface area contributed by atoms with Crippen LogP contribution in [-0.2, 0) is 9.53 Å². The average Bonchev–Trinajstić information content (AvgIpc) is 3.69. The molecule has 2 N–H and O–H groups in total. The highest BCUT2D eigenvalue weighted by Gasteiger charge is 2.32. The highest BCUT2D eigenvalue weighted by atomic mass is 16.5. The molecule has 2 aromatic heterocycles. The quantitative estimate of drug-likeness (QED) is 0.562. The number of carbonyl (C=O) groups is 1. The number of aromatic nitrogens is 3. The van der Waals surface area contributed by atoms with Crippen molar-refractivity contribution >= 4 is 11.6 Å². The van der Waals surface area contributed by atoms with Crippen LogP contribution < -0.4 is 10.9 Å². The molecule has 9 nitrogen and oxygen atoms in total. The van der Waals surface area contributed by atoms with Gasteiger partial charge in [0.1, 0.15) is 6.07 Å².